The Labute approximate surface area is 102 Å². The predicted molar refractivity (Wildman–Crippen MR) is 63.0 cm³/mol. The molecule has 2 aromatic rings. The number of aromatic nitrogens is 2. The van der Waals surface area contributed by atoms with Crippen molar-refractivity contribution in [2.24, 2.45) is 0 Å². The Bertz CT molecular complexity index is 531. The summed E-state index contributed by atoms with van der Waals surface area (Å²) in [5.74, 6) is -1.42. The molecular formula is C12H11F2N3O. The second kappa shape index (κ2) is 5.50. The second-order valence-electron chi connectivity index (χ2n) is 3.57. The minimum atomic E-state index is -0.907. The zero-order valence-electron chi connectivity index (χ0n) is 9.40. The van der Waals surface area contributed by atoms with E-state index in [-0.39, 0.29) is 6.61 Å². The first-order valence-corrected chi connectivity index (χ1v) is 5.33. The first kappa shape index (κ1) is 12.4. The Morgan fingerprint density at radius 3 is 2.39 bits per heavy atom. The number of benzene rings is 1. The molecular weight excluding hydrogens is 240 g/mol. The molecule has 6 heteroatoms. The maximum absolute atomic E-state index is 13.1. The molecule has 0 fully saturated rings. The Morgan fingerprint density at radius 2 is 1.78 bits per heavy atom. The van der Waals surface area contributed by atoms with Crippen molar-refractivity contribution in [1.29, 1.82) is 0 Å². The van der Waals surface area contributed by atoms with Crippen LogP contribution in [0.2, 0.25) is 0 Å². The lowest BCUT2D eigenvalue weighted by molar-refractivity contribution is 0.311. The fraction of sp³-hybridized carbons (Fsp3) is 0.167. The van der Waals surface area contributed by atoms with Gasteiger partial charge in [-0.15, -0.1) is 0 Å². The molecule has 0 aliphatic rings. The van der Waals surface area contributed by atoms with Crippen molar-refractivity contribution < 1.29 is 13.9 Å². The highest BCUT2D eigenvalue weighted by Crippen LogP contribution is 2.20. The number of nitrogens with zero attached hydrogens (tertiary/aromatic N) is 2. The molecule has 2 rings (SSSR count). The molecule has 0 atom stereocenters. The van der Waals surface area contributed by atoms with E-state index in [0.717, 1.165) is 12.1 Å². The van der Waals surface area contributed by atoms with Crippen molar-refractivity contribution in [1.82, 2.24) is 9.97 Å². The van der Waals surface area contributed by atoms with Crippen molar-refractivity contribution in [2.75, 3.05) is 18.5 Å². The van der Waals surface area contributed by atoms with E-state index in [9.17, 15) is 8.78 Å². The standard InChI is InChI=1S/C12H11F2N3O/c13-10-2-1-8(5-11(10)14)9-6-16-12(17-7-9)15-3-4-18/h1-2,5-7,18H,3-4H2,(H,15,16,17). The van der Waals surface area contributed by atoms with Crippen LogP contribution in [0.4, 0.5) is 14.7 Å². The molecule has 2 N–H and O–H groups in total. The van der Waals surface area contributed by atoms with E-state index in [1.165, 1.54) is 18.5 Å². The van der Waals surface area contributed by atoms with E-state index < -0.39 is 11.6 Å². The Kier molecular flexibility index (Phi) is 3.78. The third-order valence-electron chi connectivity index (χ3n) is 2.30. The Morgan fingerprint density at radius 1 is 1.06 bits per heavy atom. The number of hydrogen-bond donors (Lipinski definition) is 2. The predicted octanol–water partition coefficient (Wildman–Crippen LogP) is 1.83. The van der Waals surface area contributed by atoms with Gasteiger partial charge in [0.15, 0.2) is 11.6 Å². The smallest absolute Gasteiger partial charge is 0.222 e. The lowest BCUT2D eigenvalue weighted by Gasteiger charge is -2.04. The molecule has 0 amide bonds. The largest absolute Gasteiger partial charge is 0.395 e. The highest BCUT2D eigenvalue weighted by molar-refractivity contribution is 5.61. The lowest BCUT2D eigenvalue weighted by Crippen LogP contribution is -2.08. The van der Waals surface area contributed by atoms with Crippen LogP contribution in [0.3, 0.4) is 0 Å². The van der Waals surface area contributed by atoms with Crippen molar-refractivity contribution in [2.45, 2.75) is 0 Å². The van der Waals surface area contributed by atoms with Crippen LogP contribution in [0, 0.1) is 11.6 Å². The maximum Gasteiger partial charge on any atom is 0.222 e. The lowest BCUT2D eigenvalue weighted by atomic mass is 10.1. The van der Waals surface area contributed by atoms with Gasteiger partial charge in [0.2, 0.25) is 5.95 Å². The number of rotatable bonds is 4. The SMILES string of the molecule is OCCNc1ncc(-c2ccc(F)c(F)c2)cn1. The monoisotopic (exact) mass is 251 g/mol. The summed E-state index contributed by atoms with van der Waals surface area (Å²) in [5, 5.41) is 11.4. The first-order valence-electron chi connectivity index (χ1n) is 5.33. The fourth-order valence-corrected chi connectivity index (χ4v) is 1.41. The van der Waals surface area contributed by atoms with Crippen LogP contribution in [0.1, 0.15) is 0 Å². The molecule has 0 unspecified atom stereocenters. The van der Waals surface area contributed by atoms with Crippen LogP contribution < -0.4 is 5.32 Å². The molecule has 1 aromatic heterocycles. The molecule has 0 aliphatic carbocycles. The van der Waals surface area contributed by atoms with Gasteiger partial charge in [0.1, 0.15) is 0 Å². The minimum absolute atomic E-state index is 0.0196. The number of aliphatic hydroxyl groups excluding tert-OH is 1. The summed E-state index contributed by atoms with van der Waals surface area (Å²) in [4.78, 5) is 7.99. The molecule has 4 nitrogen and oxygen atoms in total. The van der Waals surface area contributed by atoms with Gasteiger partial charge in [0, 0.05) is 24.5 Å². The number of hydrogen-bond acceptors (Lipinski definition) is 4. The molecule has 94 valence electrons. The van der Waals surface area contributed by atoms with Crippen LogP contribution in [0.25, 0.3) is 11.1 Å². The highest BCUT2D eigenvalue weighted by Gasteiger charge is 2.05. The highest BCUT2D eigenvalue weighted by atomic mass is 19.2. The Balaban J connectivity index is 2.20. The summed E-state index contributed by atoms with van der Waals surface area (Å²) in [6.45, 7) is 0.332. The molecule has 1 aromatic carbocycles. The van der Waals surface area contributed by atoms with E-state index in [1.54, 1.807) is 0 Å². The van der Waals surface area contributed by atoms with Crippen LogP contribution in [0.15, 0.2) is 30.6 Å². The molecule has 0 bridgehead atoms. The molecule has 0 saturated carbocycles. The van der Waals surface area contributed by atoms with E-state index in [0.29, 0.717) is 23.6 Å². The number of halogens is 2. The third kappa shape index (κ3) is 2.78. The average Bonchev–Trinajstić information content (AvgIpc) is 2.40. The van der Waals surface area contributed by atoms with Gasteiger partial charge in [-0.3, -0.25) is 0 Å². The molecule has 0 aliphatic heterocycles. The van der Waals surface area contributed by atoms with Gasteiger partial charge in [-0.1, -0.05) is 6.07 Å². The molecule has 0 spiro atoms. The normalized spacial score (nSPS) is 10.4. The van der Waals surface area contributed by atoms with Gasteiger partial charge in [0.25, 0.3) is 0 Å². The zero-order chi connectivity index (χ0) is 13.0. The summed E-state index contributed by atoms with van der Waals surface area (Å²) in [7, 11) is 0. The van der Waals surface area contributed by atoms with Crippen molar-refractivity contribution in [3.8, 4) is 11.1 Å². The van der Waals surface area contributed by atoms with Crippen LogP contribution >= 0.6 is 0 Å². The number of anilines is 1. The molecule has 1 heterocycles. The third-order valence-corrected chi connectivity index (χ3v) is 2.30. The van der Waals surface area contributed by atoms with Gasteiger partial charge in [-0.2, -0.15) is 0 Å². The summed E-state index contributed by atoms with van der Waals surface area (Å²) in [5.41, 5.74) is 1.09. The van der Waals surface area contributed by atoms with E-state index in [4.69, 9.17) is 5.11 Å². The van der Waals surface area contributed by atoms with E-state index in [2.05, 4.69) is 15.3 Å². The average molecular weight is 251 g/mol. The van der Waals surface area contributed by atoms with Crippen molar-refractivity contribution in [3.05, 3.63) is 42.2 Å². The van der Waals surface area contributed by atoms with Gasteiger partial charge < -0.3 is 10.4 Å². The quantitative estimate of drug-likeness (QED) is 0.870. The van der Waals surface area contributed by atoms with E-state index in [1.807, 2.05) is 0 Å². The van der Waals surface area contributed by atoms with Gasteiger partial charge in [-0.25, -0.2) is 18.7 Å². The van der Waals surface area contributed by atoms with Crippen molar-refractivity contribution >= 4 is 5.95 Å². The molecule has 18 heavy (non-hydrogen) atoms. The topological polar surface area (TPSA) is 58.0 Å². The molecule has 0 saturated heterocycles. The molecule has 0 radical (unpaired) electrons. The van der Waals surface area contributed by atoms with Crippen LogP contribution in [-0.2, 0) is 0 Å². The van der Waals surface area contributed by atoms with Gasteiger partial charge in [0.05, 0.1) is 6.61 Å². The minimum Gasteiger partial charge on any atom is -0.395 e. The summed E-state index contributed by atoms with van der Waals surface area (Å²) >= 11 is 0. The zero-order valence-corrected chi connectivity index (χ0v) is 9.40. The maximum atomic E-state index is 13.1. The van der Waals surface area contributed by atoms with Gasteiger partial charge >= 0.3 is 0 Å². The summed E-state index contributed by atoms with van der Waals surface area (Å²) < 4.78 is 25.8. The van der Waals surface area contributed by atoms with Crippen LogP contribution in [0.5, 0.6) is 0 Å². The van der Waals surface area contributed by atoms with Crippen LogP contribution in [-0.4, -0.2) is 28.2 Å². The van der Waals surface area contributed by atoms with Crippen molar-refractivity contribution in [3.63, 3.8) is 0 Å². The number of nitrogens with one attached hydrogen (secondary N) is 1. The fourth-order valence-electron chi connectivity index (χ4n) is 1.41. The van der Waals surface area contributed by atoms with Gasteiger partial charge in [-0.05, 0) is 17.7 Å². The number of aliphatic hydroxyl groups is 1. The first-order chi connectivity index (χ1) is 8.70. The summed E-state index contributed by atoms with van der Waals surface area (Å²) in [6, 6.07) is 3.61. The summed E-state index contributed by atoms with van der Waals surface area (Å²) in [6.07, 6.45) is 3.00. The van der Waals surface area contributed by atoms with E-state index >= 15 is 0 Å². The Hall–Kier alpha value is -2.08. The second-order valence-corrected chi connectivity index (χ2v) is 3.57.